The van der Waals surface area contributed by atoms with Gasteiger partial charge in [0.25, 0.3) is 0 Å². The van der Waals surface area contributed by atoms with Gasteiger partial charge in [-0.2, -0.15) is 0 Å². The average Bonchev–Trinajstić information content (AvgIpc) is 2.35. The SMILES string of the molecule is CC(C(=O)O)C(C)C(=O)N(C)C1CCC(C)(C)CC1. The van der Waals surface area contributed by atoms with Gasteiger partial charge in [-0.3, -0.25) is 9.59 Å². The zero-order chi connectivity index (χ0) is 14.8. The Morgan fingerprint density at radius 2 is 1.63 bits per heavy atom. The lowest BCUT2D eigenvalue weighted by Gasteiger charge is -2.39. The van der Waals surface area contributed by atoms with Gasteiger partial charge in [0.2, 0.25) is 5.91 Å². The Morgan fingerprint density at radius 1 is 1.16 bits per heavy atom. The van der Waals surface area contributed by atoms with Gasteiger partial charge in [-0.25, -0.2) is 0 Å². The Labute approximate surface area is 116 Å². The van der Waals surface area contributed by atoms with Crippen LogP contribution in [0.1, 0.15) is 53.4 Å². The Balaban J connectivity index is 2.60. The van der Waals surface area contributed by atoms with Gasteiger partial charge >= 0.3 is 5.97 Å². The number of amides is 1. The van der Waals surface area contributed by atoms with Crippen molar-refractivity contribution >= 4 is 11.9 Å². The van der Waals surface area contributed by atoms with Crippen LogP contribution >= 0.6 is 0 Å². The van der Waals surface area contributed by atoms with Crippen molar-refractivity contribution in [3.05, 3.63) is 0 Å². The summed E-state index contributed by atoms with van der Waals surface area (Å²) in [5, 5.41) is 8.99. The standard InChI is InChI=1S/C15H27NO3/c1-10(11(2)14(18)19)13(17)16(5)12-6-8-15(3,4)9-7-12/h10-12H,6-9H2,1-5H3,(H,18,19). The minimum atomic E-state index is -0.904. The zero-order valence-corrected chi connectivity index (χ0v) is 12.8. The molecule has 110 valence electrons. The van der Waals surface area contributed by atoms with E-state index in [1.54, 1.807) is 18.7 Å². The van der Waals surface area contributed by atoms with Crippen molar-refractivity contribution in [1.29, 1.82) is 0 Å². The van der Waals surface area contributed by atoms with Crippen LogP contribution in [0.5, 0.6) is 0 Å². The molecule has 0 heterocycles. The fourth-order valence-corrected chi connectivity index (χ4v) is 2.70. The van der Waals surface area contributed by atoms with Crippen molar-refractivity contribution in [3.63, 3.8) is 0 Å². The maximum Gasteiger partial charge on any atom is 0.307 e. The lowest BCUT2D eigenvalue weighted by Crippen LogP contribution is -2.45. The van der Waals surface area contributed by atoms with Gasteiger partial charge in [0.1, 0.15) is 0 Å². The molecule has 0 saturated heterocycles. The largest absolute Gasteiger partial charge is 0.481 e. The van der Waals surface area contributed by atoms with Gasteiger partial charge in [0.15, 0.2) is 0 Å². The molecule has 2 atom stereocenters. The van der Waals surface area contributed by atoms with Gasteiger partial charge in [-0.1, -0.05) is 27.7 Å². The van der Waals surface area contributed by atoms with Crippen LogP contribution in [0.25, 0.3) is 0 Å². The van der Waals surface area contributed by atoms with Crippen molar-refractivity contribution in [2.45, 2.75) is 59.4 Å². The smallest absolute Gasteiger partial charge is 0.307 e. The molecular formula is C15H27NO3. The van der Waals surface area contributed by atoms with Crippen molar-refractivity contribution in [1.82, 2.24) is 4.90 Å². The molecular weight excluding hydrogens is 242 g/mol. The molecule has 2 unspecified atom stereocenters. The molecule has 4 nitrogen and oxygen atoms in total. The average molecular weight is 269 g/mol. The number of aliphatic carboxylic acids is 1. The third-order valence-electron chi connectivity index (χ3n) is 4.73. The second-order valence-corrected chi connectivity index (χ2v) is 6.76. The molecule has 1 aliphatic rings. The monoisotopic (exact) mass is 269 g/mol. The number of carbonyl (C=O) groups excluding carboxylic acids is 1. The number of carboxylic acid groups (broad SMARTS) is 1. The molecule has 4 heteroatoms. The van der Waals surface area contributed by atoms with Crippen LogP contribution in [0.4, 0.5) is 0 Å². The van der Waals surface area contributed by atoms with E-state index in [1.807, 2.05) is 7.05 Å². The predicted octanol–water partition coefficient (Wildman–Crippen LogP) is 2.77. The second-order valence-electron chi connectivity index (χ2n) is 6.76. The van der Waals surface area contributed by atoms with Gasteiger partial charge in [-0.15, -0.1) is 0 Å². The van der Waals surface area contributed by atoms with E-state index >= 15 is 0 Å². The van der Waals surface area contributed by atoms with Crippen LogP contribution in [-0.4, -0.2) is 35.0 Å². The highest BCUT2D eigenvalue weighted by atomic mass is 16.4. The molecule has 19 heavy (non-hydrogen) atoms. The van der Waals surface area contributed by atoms with Crippen LogP contribution in [0.2, 0.25) is 0 Å². The molecule has 0 aromatic carbocycles. The Hall–Kier alpha value is -1.06. The number of carboxylic acids is 1. The number of hydrogen-bond donors (Lipinski definition) is 1. The predicted molar refractivity (Wildman–Crippen MR) is 74.8 cm³/mol. The first-order chi connectivity index (χ1) is 8.65. The van der Waals surface area contributed by atoms with Crippen LogP contribution in [0.3, 0.4) is 0 Å². The molecule has 1 N–H and O–H groups in total. The summed E-state index contributed by atoms with van der Waals surface area (Å²) in [6.45, 7) is 7.84. The lowest BCUT2D eigenvalue weighted by atomic mass is 9.75. The van der Waals surface area contributed by atoms with Crippen molar-refractivity contribution < 1.29 is 14.7 Å². The summed E-state index contributed by atoms with van der Waals surface area (Å²) in [6, 6.07) is 0.268. The zero-order valence-electron chi connectivity index (χ0n) is 12.8. The normalized spacial score (nSPS) is 22.6. The first-order valence-corrected chi connectivity index (χ1v) is 7.15. The highest BCUT2D eigenvalue weighted by Crippen LogP contribution is 2.37. The maximum atomic E-state index is 12.3. The highest BCUT2D eigenvalue weighted by molar-refractivity contribution is 5.84. The molecule has 1 aliphatic carbocycles. The van der Waals surface area contributed by atoms with E-state index in [1.165, 1.54) is 0 Å². The third-order valence-corrected chi connectivity index (χ3v) is 4.73. The molecule has 0 radical (unpaired) electrons. The summed E-state index contributed by atoms with van der Waals surface area (Å²) in [5.74, 6) is -2.04. The minimum absolute atomic E-state index is 0.0420. The highest BCUT2D eigenvalue weighted by Gasteiger charge is 2.34. The van der Waals surface area contributed by atoms with Gasteiger partial charge in [0.05, 0.1) is 5.92 Å². The van der Waals surface area contributed by atoms with E-state index in [9.17, 15) is 9.59 Å². The summed E-state index contributed by atoms with van der Waals surface area (Å²) in [4.78, 5) is 25.0. The first-order valence-electron chi connectivity index (χ1n) is 7.15. The van der Waals surface area contributed by atoms with Gasteiger partial charge < -0.3 is 10.0 Å². The van der Waals surface area contributed by atoms with Crippen LogP contribution in [0, 0.1) is 17.3 Å². The number of hydrogen-bond acceptors (Lipinski definition) is 2. The summed E-state index contributed by atoms with van der Waals surface area (Å²) >= 11 is 0. The van der Waals surface area contributed by atoms with E-state index in [4.69, 9.17) is 5.11 Å². The Morgan fingerprint density at radius 3 is 2.05 bits per heavy atom. The van der Waals surface area contributed by atoms with E-state index < -0.39 is 17.8 Å². The third kappa shape index (κ3) is 3.95. The Kier molecular flexibility index (Phi) is 4.99. The fraction of sp³-hybridized carbons (Fsp3) is 0.867. The van der Waals surface area contributed by atoms with Crippen molar-refractivity contribution in [3.8, 4) is 0 Å². The first kappa shape index (κ1) is 16.0. The molecule has 0 aromatic heterocycles. The van der Waals surface area contributed by atoms with E-state index in [-0.39, 0.29) is 11.9 Å². The molecule has 1 amide bonds. The fourth-order valence-electron chi connectivity index (χ4n) is 2.70. The molecule has 0 aromatic rings. The van der Waals surface area contributed by atoms with E-state index in [2.05, 4.69) is 13.8 Å². The molecule has 1 rings (SSSR count). The van der Waals surface area contributed by atoms with Crippen LogP contribution < -0.4 is 0 Å². The quantitative estimate of drug-likeness (QED) is 0.853. The molecule has 1 saturated carbocycles. The number of rotatable bonds is 4. The lowest BCUT2D eigenvalue weighted by molar-refractivity contribution is -0.149. The van der Waals surface area contributed by atoms with Gasteiger partial charge in [0, 0.05) is 19.0 Å². The molecule has 1 fully saturated rings. The summed E-state index contributed by atoms with van der Waals surface area (Å²) in [7, 11) is 1.82. The van der Waals surface area contributed by atoms with Crippen molar-refractivity contribution in [2.24, 2.45) is 17.3 Å². The minimum Gasteiger partial charge on any atom is -0.481 e. The summed E-state index contributed by atoms with van der Waals surface area (Å²) in [5.41, 5.74) is 0.375. The number of carbonyl (C=O) groups is 2. The molecule has 0 spiro atoms. The topological polar surface area (TPSA) is 57.6 Å². The summed E-state index contributed by atoms with van der Waals surface area (Å²) < 4.78 is 0. The van der Waals surface area contributed by atoms with Crippen molar-refractivity contribution in [2.75, 3.05) is 7.05 Å². The van der Waals surface area contributed by atoms with Crippen LogP contribution in [0.15, 0.2) is 0 Å². The maximum absolute atomic E-state index is 12.3. The van der Waals surface area contributed by atoms with Crippen LogP contribution in [-0.2, 0) is 9.59 Å². The Bertz CT molecular complexity index is 341. The number of nitrogens with zero attached hydrogens (tertiary/aromatic N) is 1. The van der Waals surface area contributed by atoms with E-state index in [0.717, 1.165) is 25.7 Å². The van der Waals surface area contributed by atoms with Gasteiger partial charge in [-0.05, 0) is 31.1 Å². The van der Waals surface area contributed by atoms with E-state index in [0.29, 0.717) is 5.41 Å². The summed E-state index contributed by atoms with van der Waals surface area (Å²) in [6.07, 6.45) is 4.28. The molecule has 0 bridgehead atoms. The second kappa shape index (κ2) is 5.93. The molecule has 0 aliphatic heterocycles.